The van der Waals surface area contributed by atoms with E-state index in [0.717, 1.165) is 3.57 Å². The molecule has 0 bridgehead atoms. The third-order valence-corrected chi connectivity index (χ3v) is 5.42. The molecule has 18 heavy (non-hydrogen) atoms. The summed E-state index contributed by atoms with van der Waals surface area (Å²) >= 11 is 14.0. The average Bonchev–Trinajstić information content (AvgIpc) is 2.25. The summed E-state index contributed by atoms with van der Waals surface area (Å²) in [5.74, 6) is 0.223. The molecule has 0 radical (unpaired) electrons. The van der Waals surface area contributed by atoms with E-state index in [2.05, 4.69) is 5.09 Å². The van der Waals surface area contributed by atoms with Gasteiger partial charge in [-0.25, -0.2) is 9.65 Å². The standard InChI is InChI=1S/C10H13Cl2INO3P/c1-6(2)14-18(15,16-3)17-10-5-7(11)9(13)4-8(10)12/h4-6H,1-3H3,(H,14,15). The van der Waals surface area contributed by atoms with Gasteiger partial charge in [0.1, 0.15) is 0 Å². The van der Waals surface area contributed by atoms with Gasteiger partial charge in [0.15, 0.2) is 5.75 Å². The number of halogens is 3. The van der Waals surface area contributed by atoms with Gasteiger partial charge >= 0.3 is 7.75 Å². The van der Waals surface area contributed by atoms with Crippen LogP contribution >= 0.6 is 53.5 Å². The molecule has 0 saturated carbocycles. The van der Waals surface area contributed by atoms with Crippen LogP contribution in [0, 0.1) is 3.57 Å². The van der Waals surface area contributed by atoms with Gasteiger partial charge in [-0.1, -0.05) is 23.2 Å². The van der Waals surface area contributed by atoms with Crippen molar-refractivity contribution >= 4 is 53.5 Å². The second-order valence-corrected chi connectivity index (χ2v) is 7.53. The molecule has 0 fully saturated rings. The molecule has 0 saturated heterocycles. The molecule has 4 nitrogen and oxygen atoms in total. The van der Waals surface area contributed by atoms with Gasteiger partial charge in [0.2, 0.25) is 0 Å². The number of hydrogen-bond acceptors (Lipinski definition) is 3. The van der Waals surface area contributed by atoms with E-state index in [1.165, 1.54) is 13.2 Å². The van der Waals surface area contributed by atoms with E-state index in [1.807, 2.05) is 36.4 Å². The fraction of sp³-hybridized carbons (Fsp3) is 0.400. The second kappa shape index (κ2) is 6.77. The largest absolute Gasteiger partial charge is 0.458 e. The Labute approximate surface area is 130 Å². The minimum atomic E-state index is -3.44. The smallest absolute Gasteiger partial charge is 0.412 e. The topological polar surface area (TPSA) is 47.6 Å². The zero-order valence-corrected chi connectivity index (χ0v) is 14.6. The summed E-state index contributed by atoms with van der Waals surface area (Å²) in [6, 6.07) is 3.09. The third-order valence-electron chi connectivity index (χ3n) is 1.85. The molecule has 0 aliphatic carbocycles. The lowest BCUT2D eigenvalue weighted by Crippen LogP contribution is -2.23. The maximum Gasteiger partial charge on any atom is 0.458 e. The normalized spacial score (nSPS) is 14.6. The Bertz CT molecular complexity index is 484. The lowest BCUT2D eigenvalue weighted by Gasteiger charge is -2.20. The second-order valence-electron chi connectivity index (χ2n) is 3.75. The summed E-state index contributed by atoms with van der Waals surface area (Å²) < 4.78 is 23.3. The number of benzene rings is 1. The molecule has 0 amide bonds. The van der Waals surface area contributed by atoms with Gasteiger partial charge in [0.05, 0.1) is 10.0 Å². The maximum atomic E-state index is 12.3. The summed E-state index contributed by atoms with van der Waals surface area (Å²) in [5.41, 5.74) is 0. The quantitative estimate of drug-likeness (QED) is 0.422. The van der Waals surface area contributed by atoms with Crippen LogP contribution in [0.25, 0.3) is 0 Å². The first-order chi connectivity index (χ1) is 8.27. The zero-order valence-electron chi connectivity index (χ0n) is 10.0. The molecule has 102 valence electrons. The molecule has 1 aromatic rings. The zero-order chi connectivity index (χ0) is 13.9. The van der Waals surface area contributed by atoms with Gasteiger partial charge < -0.3 is 4.52 Å². The summed E-state index contributed by atoms with van der Waals surface area (Å²) in [6.07, 6.45) is 0. The predicted octanol–water partition coefficient (Wildman–Crippen LogP) is 4.73. The first kappa shape index (κ1) is 16.5. The molecule has 1 rings (SSSR count). The van der Waals surface area contributed by atoms with E-state index in [0.29, 0.717) is 10.0 Å². The van der Waals surface area contributed by atoms with Crippen molar-refractivity contribution in [1.82, 2.24) is 5.09 Å². The molecule has 0 aliphatic heterocycles. The van der Waals surface area contributed by atoms with Crippen molar-refractivity contribution in [2.24, 2.45) is 0 Å². The van der Waals surface area contributed by atoms with E-state index in [4.69, 9.17) is 32.2 Å². The third kappa shape index (κ3) is 4.54. The summed E-state index contributed by atoms with van der Waals surface area (Å²) in [5, 5.41) is 3.52. The molecule has 1 unspecified atom stereocenters. The average molecular weight is 424 g/mol. The highest BCUT2D eigenvalue weighted by Gasteiger charge is 2.27. The van der Waals surface area contributed by atoms with Crippen LogP contribution in [-0.2, 0) is 9.09 Å². The minimum Gasteiger partial charge on any atom is -0.412 e. The van der Waals surface area contributed by atoms with Crippen LogP contribution in [-0.4, -0.2) is 13.2 Å². The van der Waals surface area contributed by atoms with Crippen molar-refractivity contribution in [1.29, 1.82) is 0 Å². The lowest BCUT2D eigenvalue weighted by atomic mass is 10.3. The lowest BCUT2D eigenvalue weighted by molar-refractivity contribution is 0.305. The van der Waals surface area contributed by atoms with Crippen LogP contribution in [0.4, 0.5) is 0 Å². The molecule has 0 spiro atoms. The molecule has 0 heterocycles. The van der Waals surface area contributed by atoms with Gasteiger partial charge in [0, 0.05) is 22.8 Å². The van der Waals surface area contributed by atoms with Crippen molar-refractivity contribution in [3.63, 3.8) is 0 Å². The molecular formula is C10H13Cl2INO3P. The molecule has 1 aromatic carbocycles. The monoisotopic (exact) mass is 423 g/mol. The van der Waals surface area contributed by atoms with Gasteiger partial charge in [-0.15, -0.1) is 0 Å². The van der Waals surface area contributed by atoms with Crippen molar-refractivity contribution < 1.29 is 13.6 Å². The number of rotatable bonds is 5. The summed E-state index contributed by atoms with van der Waals surface area (Å²) in [4.78, 5) is 0. The fourth-order valence-corrected chi connectivity index (χ4v) is 3.47. The van der Waals surface area contributed by atoms with E-state index < -0.39 is 7.75 Å². The Morgan fingerprint density at radius 3 is 2.44 bits per heavy atom. The summed E-state index contributed by atoms with van der Waals surface area (Å²) in [6.45, 7) is 3.66. The Balaban J connectivity index is 3.02. The van der Waals surface area contributed by atoms with Crippen LogP contribution in [0.5, 0.6) is 5.75 Å². The van der Waals surface area contributed by atoms with E-state index in [9.17, 15) is 4.57 Å². The SMILES string of the molecule is COP(=O)(NC(C)C)Oc1cc(Cl)c(I)cc1Cl. The molecular weight excluding hydrogens is 411 g/mol. The minimum absolute atomic E-state index is 0.0612. The molecule has 1 atom stereocenters. The maximum absolute atomic E-state index is 12.3. The van der Waals surface area contributed by atoms with Crippen molar-refractivity contribution in [3.05, 3.63) is 25.7 Å². The van der Waals surface area contributed by atoms with Crippen molar-refractivity contribution in [3.8, 4) is 5.75 Å². The van der Waals surface area contributed by atoms with Crippen molar-refractivity contribution in [2.45, 2.75) is 19.9 Å². The predicted molar refractivity (Wildman–Crippen MR) is 82.7 cm³/mol. The molecule has 8 heteroatoms. The highest BCUT2D eigenvalue weighted by Crippen LogP contribution is 2.46. The van der Waals surface area contributed by atoms with Gasteiger partial charge in [-0.05, 0) is 42.5 Å². The molecule has 0 aromatic heterocycles. The van der Waals surface area contributed by atoms with Gasteiger partial charge in [0.25, 0.3) is 0 Å². The van der Waals surface area contributed by atoms with Gasteiger partial charge in [-0.2, -0.15) is 0 Å². The Morgan fingerprint density at radius 1 is 1.33 bits per heavy atom. The summed E-state index contributed by atoms with van der Waals surface area (Å²) in [7, 11) is -2.13. The highest BCUT2D eigenvalue weighted by molar-refractivity contribution is 14.1. The van der Waals surface area contributed by atoms with E-state index in [1.54, 1.807) is 6.07 Å². The Morgan fingerprint density at radius 2 is 1.94 bits per heavy atom. The number of nitrogens with one attached hydrogen (secondary N) is 1. The molecule has 0 aliphatic rings. The first-order valence-electron chi connectivity index (χ1n) is 5.05. The van der Waals surface area contributed by atoms with Crippen LogP contribution in [0.2, 0.25) is 10.0 Å². The number of hydrogen-bond donors (Lipinski definition) is 1. The van der Waals surface area contributed by atoms with Crippen LogP contribution in [0.3, 0.4) is 0 Å². The van der Waals surface area contributed by atoms with E-state index >= 15 is 0 Å². The Kier molecular flexibility index (Phi) is 6.22. The first-order valence-corrected chi connectivity index (χ1v) is 8.43. The molecule has 1 N–H and O–H groups in total. The van der Waals surface area contributed by atoms with Crippen LogP contribution in [0.15, 0.2) is 12.1 Å². The van der Waals surface area contributed by atoms with Crippen LogP contribution in [0.1, 0.15) is 13.8 Å². The Hall–Kier alpha value is 0.480. The van der Waals surface area contributed by atoms with Gasteiger partial charge in [-0.3, -0.25) is 4.52 Å². The highest BCUT2D eigenvalue weighted by atomic mass is 127. The van der Waals surface area contributed by atoms with Crippen LogP contribution < -0.4 is 9.61 Å². The fourth-order valence-electron chi connectivity index (χ4n) is 1.14. The van der Waals surface area contributed by atoms with Crippen molar-refractivity contribution in [2.75, 3.05) is 7.11 Å². The van der Waals surface area contributed by atoms with E-state index in [-0.39, 0.29) is 11.8 Å².